The third-order valence-electron chi connectivity index (χ3n) is 6.29. The Morgan fingerprint density at radius 1 is 0.974 bits per heavy atom. The van der Waals surface area contributed by atoms with E-state index in [1.54, 1.807) is 12.1 Å². The maximum atomic E-state index is 12.2. The standard InChI is InChI=1S/C29H31N5O5/c1-3-19(2)24(32-25-14-11-22(17-31-25)27(37)30-16-15-26(35)36)18-38-23-12-9-21(10-13-23)29-34-33-28(39-29)20-7-5-4-6-8-20/h4-14,17,19,24H,3,15-16,18H2,1-2H3,(H,30,37)(H,31,32)(H,35,36)/t19-,24+/m0/s1. The van der Waals surface area contributed by atoms with Crippen molar-refractivity contribution in [2.75, 3.05) is 18.5 Å². The second-order valence-electron chi connectivity index (χ2n) is 9.08. The predicted octanol–water partition coefficient (Wildman–Crippen LogP) is 4.91. The number of benzene rings is 2. The van der Waals surface area contributed by atoms with E-state index >= 15 is 0 Å². The lowest BCUT2D eigenvalue weighted by Crippen LogP contribution is -2.33. The molecule has 2 aromatic carbocycles. The number of carbonyl (C=O) groups is 2. The smallest absolute Gasteiger partial charge is 0.305 e. The maximum absolute atomic E-state index is 12.2. The van der Waals surface area contributed by atoms with Crippen molar-refractivity contribution in [2.24, 2.45) is 5.92 Å². The van der Waals surface area contributed by atoms with E-state index < -0.39 is 5.97 Å². The average Bonchev–Trinajstić information content (AvgIpc) is 3.46. The molecule has 0 bridgehead atoms. The number of carboxylic acids is 1. The number of pyridine rings is 1. The van der Waals surface area contributed by atoms with E-state index in [1.165, 1.54) is 6.20 Å². The van der Waals surface area contributed by atoms with Gasteiger partial charge in [0.25, 0.3) is 5.91 Å². The molecule has 0 aliphatic carbocycles. The summed E-state index contributed by atoms with van der Waals surface area (Å²) in [4.78, 5) is 27.1. The van der Waals surface area contributed by atoms with E-state index in [0.29, 0.717) is 41.4 Å². The van der Waals surface area contributed by atoms with Crippen LogP contribution in [0.25, 0.3) is 22.9 Å². The average molecular weight is 530 g/mol. The molecular formula is C29H31N5O5. The summed E-state index contributed by atoms with van der Waals surface area (Å²) in [6, 6.07) is 20.5. The number of hydrogen-bond acceptors (Lipinski definition) is 8. The molecule has 39 heavy (non-hydrogen) atoms. The molecule has 10 nitrogen and oxygen atoms in total. The minimum Gasteiger partial charge on any atom is -0.491 e. The van der Waals surface area contributed by atoms with Crippen LogP contribution in [0.2, 0.25) is 0 Å². The molecule has 3 N–H and O–H groups in total. The van der Waals surface area contributed by atoms with Gasteiger partial charge in [0.15, 0.2) is 0 Å². The van der Waals surface area contributed by atoms with E-state index in [0.717, 1.165) is 17.5 Å². The van der Waals surface area contributed by atoms with Gasteiger partial charge in [0, 0.05) is 23.9 Å². The lowest BCUT2D eigenvalue weighted by atomic mass is 10.00. The summed E-state index contributed by atoms with van der Waals surface area (Å²) in [7, 11) is 0. The second kappa shape index (κ2) is 13.2. The van der Waals surface area contributed by atoms with Crippen LogP contribution in [-0.4, -0.2) is 51.4 Å². The van der Waals surface area contributed by atoms with Crippen molar-refractivity contribution in [3.8, 4) is 28.7 Å². The first-order valence-corrected chi connectivity index (χ1v) is 12.8. The van der Waals surface area contributed by atoms with Crippen molar-refractivity contribution in [3.05, 3.63) is 78.5 Å². The van der Waals surface area contributed by atoms with E-state index in [2.05, 4.69) is 39.7 Å². The largest absolute Gasteiger partial charge is 0.491 e. The second-order valence-corrected chi connectivity index (χ2v) is 9.08. The third kappa shape index (κ3) is 7.64. The molecule has 0 fully saturated rings. The highest BCUT2D eigenvalue weighted by atomic mass is 16.5. The zero-order valence-electron chi connectivity index (χ0n) is 21.8. The Bertz CT molecular complexity index is 1360. The molecule has 2 heterocycles. The number of hydrogen-bond donors (Lipinski definition) is 3. The molecular weight excluding hydrogens is 498 g/mol. The van der Waals surface area contributed by atoms with Crippen LogP contribution in [0.5, 0.6) is 5.75 Å². The van der Waals surface area contributed by atoms with Crippen molar-refractivity contribution in [1.29, 1.82) is 0 Å². The molecule has 0 unspecified atom stereocenters. The molecule has 0 saturated carbocycles. The first kappa shape index (κ1) is 27.3. The Hall–Kier alpha value is -4.73. The molecule has 2 atom stereocenters. The minimum absolute atomic E-state index is 0.0261. The molecule has 0 aliphatic rings. The Labute approximate surface area is 226 Å². The maximum Gasteiger partial charge on any atom is 0.305 e. The molecule has 0 aliphatic heterocycles. The van der Waals surface area contributed by atoms with Crippen LogP contribution in [-0.2, 0) is 4.79 Å². The Morgan fingerprint density at radius 2 is 1.67 bits per heavy atom. The van der Waals surface area contributed by atoms with Gasteiger partial charge in [0.1, 0.15) is 18.2 Å². The van der Waals surface area contributed by atoms with Crippen molar-refractivity contribution in [3.63, 3.8) is 0 Å². The molecule has 0 radical (unpaired) electrons. The van der Waals surface area contributed by atoms with Crippen molar-refractivity contribution in [2.45, 2.75) is 32.7 Å². The Kier molecular flexibility index (Phi) is 9.23. The molecule has 202 valence electrons. The summed E-state index contributed by atoms with van der Waals surface area (Å²) in [5.74, 6) is 1.19. The topological polar surface area (TPSA) is 139 Å². The zero-order chi connectivity index (χ0) is 27.6. The molecule has 4 rings (SSSR count). The van der Waals surface area contributed by atoms with E-state index in [4.69, 9.17) is 14.3 Å². The van der Waals surface area contributed by atoms with Gasteiger partial charge in [-0.05, 0) is 54.4 Å². The van der Waals surface area contributed by atoms with Gasteiger partial charge in [-0.15, -0.1) is 10.2 Å². The Morgan fingerprint density at radius 3 is 2.28 bits per heavy atom. The van der Waals surface area contributed by atoms with Gasteiger partial charge in [-0.3, -0.25) is 9.59 Å². The summed E-state index contributed by atoms with van der Waals surface area (Å²) in [5, 5.41) is 23.0. The first-order valence-electron chi connectivity index (χ1n) is 12.8. The first-order chi connectivity index (χ1) is 18.9. The van der Waals surface area contributed by atoms with Crippen molar-refractivity contribution >= 4 is 17.7 Å². The number of carbonyl (C=O) groups excluding carboxylic acids is 1. The van der Waals surface area contributed by atoms with E-state index in [1.807, 2.05) is 54.6 Å². The molecule has 0 saturated heterocycles. The summed E-state index contributed by atoms with van der Waals surface area (Å²) < 4.78 is 11.9. The SMILES string of the molecule is CC[C@H](C)[C@@H](COc1ccc(-c2nnc(-c3ccccc3)o2)cc1)Nc1ccc(C(=O)NCCC(=O)O)cn1. The summed E-state index contributed by atoms with van der Waals surface area (Å²) in [5.41, 5.74) is 2.02. The van der Waals surface area contributed by atoms with Gasteiger partial charge >= 0.3 is 5.97 Å². The van der Waals surface area contributed by atoms with Gasteiger partial charge in [-0.1, -0.05) is 38.5 Å². The van der Waals surface area contributed by atoms with E-state index in [9.17, 15) is 9.59 Å². The number of anilines is 1. The van der Waals surface area contributed by atoms with Crippen LogP contribution in [0.4, 0.5) is 5.82 Å². The number of rotatable bonds is 13. The number of aromatic nitrogens is 3. The van der Waals surface area contributed by atoms with Crippen molar-refractivity contribution < 1.29 is 23.8 Å². The normalized spacial score (nSPS) is 12.4. The highest BCUT2D eigenvalue weighted by molar-refractivity contribution is 5.94. The van der Waals surface area contributed by atoms with Crippen LogP contribution >= 0.6 is 0 Å². The van der Waals surface area contributed by atoms with Crippen LogP contribution in [0.3, 0.4) is 0 Å². The highest BCUT2D eigenvalue weighted by Gasteiger charge is 2.18. The summed E-state index contributed by atoms with van der Waals surface area (Å²) >= 11 is 0. The van der Waals surface area contributed by atoms with Gasteiger partial charge in [-0.2, -0.15) is 0 Å². The minimum atomic E-state index is -0.966. The van der Waals surface area contributed by atoms with E-state index in [-0.39, 0.29) is 24.9 Å². The fourth-order valence-corrected chi connectivity index (χ4v) is 3.74. The van der Waals surface area contributed by atoms with Gasteiger partial charge < -0.3 is 24.9 Å². The number of carboxylic acid groups (broad SMARTS) is 1. The van der Waals surface area contributed by atoms with Crippen LogP contribution in [0, 0.1) is 5.92 Å². The van der Waals surface area contributed by atoms with Gasteiger partial charge in [-0.25, -0.2) is 4.98 Å². The monoisotopic (exact) mass is 529 g/mol. The number of aliphatic carboxylic acids is 1. The molecule has 10 heteroatoms. The molecule has 1 amide bonds. The zero-order valence-corrected chi connectivity index (χ0v) is 21.8. The number of amides is 1. The van der Waals surface area contributed by atoms with Gasteiger partial charge in [0.05, 0.1) is 18.0 Å². The quantitative estimate of drug-likeness (QED) is 0.220. The van der Waals surface area contributed by atoms with Crippen molar-refractivity contribution in [1.82, 2.24) is 20.5 Å². The van der Waals surface area contributed by atoms with Crippen LogP contribution < -0.4 is 15.4 Å². The fourth-order valence-electron chi connectivity index (χ4n) is 3.74. The molecule has 4 aromatic rings. The summed E-state index contributed by atoms with van der Waals surface area (Å²) in [6.07, 6.45) is 2.27. The summed E-state index contributed by atoms with van der Waals surface area (Å²) in [6.45, 7) is 4.72. The van der Waals surface area contributed by atoms with Crippen LogP contribution in [0.1, 0.15) is 37.0 Å². The fraction of sp³-hybridized carbons (Fsp3) is 0.276. The highest BCUT2D eigenvalue weighted by Crippen LogP contribution is 2.26. The molecule has 0 spiro atoms. The number of ether oxygens (including phenoxy) is 1. The Balaban J connectivity index is 1.34. The number of nitrogens with zero attached hydrogens (tertiary/aromatic N) is 3. The van der Waals surface area contributed by atoms with Crippen LogP contribution in [0.15, 0.2) is 77.3 Å². The number of nitrogens with one attached hydrogen (secondary N) is 2. The predicted molar refractivity (Wildman–Crippen MR) is 146 cm³/mol. The third-order valence-corrected chi connectivity index (χ3v) is 6.29. The molecule has 2 aromatic heterocycles. The lowest BCUT2D eigenvalue weighted by Gasteiger charge is -2.25. The van der Waals surface area contributed by atoms with Gasteiger partial charge in [0.2, 0.25) is 11.8 Å². The lowest BCUT2D eigenvalue weighted by molar-refractivity contribution is -0.136.